The standard InChI is InChI=1S/C14H18N2O4/c1-9-7-11(13(17)18)12(8-10(9)2)15-14(19)16-3-5-20-6-4-16/h7-8H,3-6H2,1-2H3,(H,15,19)(H,17,18). The van der Waals surface area contributed by atoms with Crippen molar-refractivity contribution in [3.05, 3.63) is 28.8 Å². The molecule has 1 saturated heterocycles. The van der Waals surface area contributed by atoms with E-state index in [0.717, 1.165) is 11.1 Å². The van der Waals surface area contributed by atoms with Crippen LogP contribution in [-0.2, 0) is 4.74 Å². The number of hydrogen-bond donors (Lipinski definition) is 2. The Hall–Kier alpha value is -2.08. The van der Waals surface area contributed by atoms with Crippen LogP contribution in [0.1, 0.15) is 21.5 Å². The molecule has 1 aromatic carbocycles. The molecule has 6 heteroatoms. The second kappa shape index (κ2) is 5.92. The lowest BCUT2D eigenvalue weighted by Gasteiger charge is -2.27. The van der Waals surface area contributed by atoms with Crippen molar-refractivity contribution in [2.45, 2.75) is 13.8 Å². The lowest BCUT2D eigenvalue weighted by atomic mass is 10.0. The van der Waals surface area contributed by atoms with Gasteiger partial charge in [0.1, 0.15) is 0 Å². The Morgan fingerprint density at radius 2 is 1.80 bits per heavy atom. The zero-order chi connectivity index (χ0) is 14.7. The van der Waals surface area contributed by atoms with E-state index in [1.165, 1.54) is 0 Å². The van der Waals surface area contributed by atoms with Crippen LogP contribution >= 0.6 is 0 Å². The van der Waals surface area contributed by atoms with Gasteiger partial charge in [-0.3, -0.25) is 0 Å². The fourth-order valence-electron chi connectivity index (χ4n) is 2.06. The number of urea groups is 1. The van der Waals surface area contributed by atoms with Crippen molar-refractivity contribution in [3.63, 3.8) is 0 Å². The molecular weight excluding hydrogens is 260 g/mol. The van der Waals surface area contributed by atoms with Crippen molar-refractivity contribution in [2.24, 2.45) is 0 Å². The van der Waals surface area contributed by atoms with Crippen molar-refractivity contribution in [1.82, 2.24) is 4.90 Å². The summed E-state index contributed by atoms with van der Waals surface area (Å²) in [7, 11) is 0. The summed E-state index contributed by atoms with van der Waals surface area (Å²) < 4.78 is 5.18. The molecule has 0 aromatic heterocycles. The number of carbonyl (C=O) groups is 2. The second-order valence-corrected chi connectivity index (χ2v) is 4.82. The molecule has 20 heavy (non-hydrogen) atoms. The van der Waals surface area contributed by atoms with Crippen molar-refractivity contribution in [1.29, 1.82) is 0 Å². The number of hydrogen-bond acceptors (Lipinski definition) is 3. The van der Waals surface area contributed by atoms with Crippen LogP contribution < -0.4 is 5.32 Å². The number of morpholine rings is 1. The highest BCUT2D eigenvalue weighted by Crippen LogP contribution is 2.21. The van der Waals surface area contributed by atoms with Crippen LogP contribution in [0.25, 0.3) is 0 Å². The first kappa shape index (κ1) is 14.3. The van der Waals surface area contributed by atoms with Crippen LogP contribution in [0.2, 0.25) is 0 Å². The molecule has 1 fully saturated rings. The summed E-state index contributed by atoms with van der Waals surface area (Å²) in [5, 5.41) is 11.9. The first-order valence-corrected chi connectivity index (χ1v) is 6.47. The second-order valence-electron chi connectivity index (χ2n) is 4.82. The molecule has 2 N–H and O–H groups in total. The van der Waals surface area contributed by atoms with Gasteiger partial charge in [0.15, 0.2) is 0 Å². The summed E-state index contributed by atoms with van der Waals surface area (Å²) in [6.07, 6.45) is 0. The zero-order valence-corrected chi connectivity index (χ0v) is 11.6. The number of rotatable bonds is 2. The molecule has 0 atom stereocenters. The van der Waals surface area contributed by atoms with Gasteiger partial charge in [-0.1, -0.05) is 0 Å². The van der Waals surface area contributed by atoms with E-state index >= 15 is 0 Å². The Balaban J connectivity index is 2.21. The Morgan fingerprint density at radius 1 is 1.20 bits per heavy atom. The van der Waals surface area contributed by atoms with Crippen LogP contribution in [0.5, 0.6) is 0 Å². The third kappa shape index (κ3) is 3.08. The average Bonchev–Trinajstić information content (AvgIpc) is 2.43. The van der Waals surface area contributed by atoms with Gasteiger partial charge in [0.2, 0.25) is 0 Å². The quantitative estimate of drug-likeness (QED) is 0.865. The first-order valence-electron chi connectivity index (χ1n) is 6.47. The highest BCUT2D eigenvalue weighted by molar-refractivity contribution is 6.00. The molecule has 1 heterocycles. The SMILES string of the molecule is Cc1cc(NC(=O)N2CCOCC2)c(C(=O)O)cc1C. The number of ether oxygens (including phenoxy) is 1. The fraction of sp³-hybridized carbons (Fsp3) is 0.429. The topological polar surface area (TPSA) is 78.9 Å². The Labute approximate surface area is 117 Å². The van der Waals surface area contributed by atoms with Crippen LogP contribution in [0.15, 0.2) is 12.1 Å². The van der Waals surface area contributed by atoms with Gasteiger partial charge in [-0.2, -0.15) is 0 Å². The van der Waals surface area contributed by atoms with Crippen molar-refractivity contribution in [3.8, 4) is 0 Å². The molecule has 1 aliphatic heterocycles. The Morgan fingerprint density at radius 3 is 2.40 bits per heavy atom. The Bertz CT molecular complexity index is 536. The highest BCUT2D eigenvalue weighted by atomic mass is 16.5. The number of aryl methyl sites for hydroxylation is 2. The van der Waals surface area contributed by atoms with Crippen LogP contribution in [0.4, 0.5) is 10.5 Å². The molecule has 0 radical (unpaired) electrons. The number of carboxylic acid groups (broad SMARTS) is 1. The molecule has 6 nitrogen and oxygen atoms in total. The molecule has 1 aliphatic rings. The zero-order valence-electron chi connectivity index (χ0n) is 11.6. The molecule has 2 rings (SSSR count). The molecule has 0 aliphatic carbocycles. The van der Waals surface area contributed by atoms with Crippen molar-refractivity contribution < 1.29 is 19.4 Å². The summed E-state index contributed by atoms with van der Waals surface area (Å²) in [4.78, 5) is 25.0. The maximum atomic E-state index is 12.1. The van der Waals surface area contributed by atoms with Crippen LogP contribution in [-0.4, -0.2) is 48.3 Å². The molecule has 0 bridgehead atoms. The summed E-state index contributed by atoms with van der Waals surface area (Å²) in [5.41, 5.74) is 2.26. The lowest BCUT2D eigenvalue weighted by molar-refractivity contribution is 0.0564. The summed E-state index contributed by atoms with van der Waals surface area (Å²) in [6, 6.07) is 2.98. The molecule has 2 amide bonds. The van der Waals surface area contributed by atoms with Crippen molar-refractivity contribution in [2.75, 3.05) is 31.6 Å². The van der Waals surface area contributed by atoms with E-state index in [1.54, 1.807) is 17.0 Å². The molecule has 0 spiro atoms. The van der Waals surface area contributed by atoms with Crippen molar-refractivity contribution >= 4 is 17.7 Å². The van der Waals surface area contributed by atoms with Gasteiger partial charge in [-0.15, -0.1) is 0 Å². The van der Waals surface area contributed by atoms with E-state index in [2.05, 4.69) is 5.32 Å². The van der Waals surface area contributed by atoms with Gasteiger partial charge in [0.05, 0.1) is 24.5 Å². The number of nitrogens with one attached hydrogen (secondary N) is 1. The maximum absolute atomic E-state index is 12.1. The molecule has 0 unspecified atom stereocenters. The van der Waals surface area contributed by atoms with Gasteiger partial charge < -0.3 is 20.1 Å². The van der Waals surface area contributed by atoms with E-state index in [9.17, 15) is 14.7 Å². The normalized spacial score (nSPS) is 15.0. The minimum atomic E-state index is -1.05. The number of anilines is 1. The van der Waals surface area contributed by atoms with Crippen LogP contribution in [0, 0.1) is 13.8 Å². The van der Waals surface area contributed by atoms with Gasteiger partial charge >= 0.3 is 12.0 Å². The number of nitrogens with zero attached hydrogens (tertiary/aromatic N) is 1. The predicted octanol–water partition coefficient (Wildman–Crippen LogP) is 1.87. The lowest BCUT2D eigenvalue weighted by Crippen LogP contribution is -2.43. The maximum Gasteiger partial charge on any atom is 0.337 e. The Kier molecular flexibility index (Phi) is 4.24. The number of benzene rings is 1. The minimum Gasteiger partial charge on any atom is -0.478 e. The van der Waals surface area contributed by atoms with Gasteiger partial charge in [0.25, 0.3) is 0 Å². The van der Waals surface area contributed by atoms with E-state index in [1.807, 2.05) is 13.8 Å². The van der Waals surface area contributed by atoms with E-state index in [4.69, 9.17) is 4.74 Å². The minimum absolute atomic E-state index is 0.106. The van der Waals surface area contributed by atoms with Crippen LogP contribution in [0.3, 0.4) is 0 Å². The molecule has 1 aromatic rings. The smallest absolute Gasteiger partial charge is 0.337 e. The number of aromatic carboxylic acids is 1. The summed E-state index contributed by atoms with van der Waals surface area (Å²) >= 11 is 0. The van der Waals surface area contributed by atoms with Gasteiger partial charge in [-0.05, 0) is 37.1 Å². The van der Waals surface area contributed by atoms with E-state index in [0.29, 0.717) is 32.0 Å². The summed E-state index contributed by atoms with van der Waals surface area (Å²) in [6.45, 7) is 5.76. The third-order valence-electron chi connectivity index (χ3n) is 3.40. The molecule has 0 saturated carbocycles. The van der Waals surface area contributed by atoms with Gasteiger partial charge in [-0.25, -0.2) is 9.59 Å². The number of carboxylic acids is 1. The van der Waals surface area contributed by atoms with Gasteiger partial charge in [0, 0.05) is 13.1 Å². The highest BCUT2D eigenvalue weighted by Gasteiger charge is 2.19. The largest absolute Gasteiger partial charge is 0.478 e. The fourth-order valence-corrected chi connectivity index (χ4v) is 2.06. The van der Waals surface area contributed by atoms with E-state index in [-0.39, 0.29) is 11.6 Å². The predicted molar refractivity (Wildman–Crippen MR) is 74.3 cm³/mol. The monoisotopic (exact) mass is 278 g/mol. The first-order chi connectivity index (χ1) is 9.49. The average molecular weight is 278 g/mol. The molecule has 108 valence electrons. The number of carbonyl (C=O) groups excluding carboxylic acids is 1. The number of amides is 2. The van der Waals surface area contributed by atoms with E-state index < -0.39 is 5.97 Å². The molecular formula is C14H18N2O4. The summed E-state index contributed by atoms with van der Waals surface area (Å²) in [5.74, 6) is -1.05. The third-order valence-corrected chi connectivity index (χ3v) is 3.40.